The smallest absolute Gasteiger partial charge is 0.122 e. The van der Waals surface area contributed by atoms with Gasteiger partial charge in [-0.1, -0.05) is 77.6 Å². The first-order chi connectivity index (χ1) is 14.5. The number of nitrogens with zero attached hydrogens (tertiary/aromatic N) is 3. The molecule has 158 valence electrons. The zero-order chi connectivity index (χ0) is 21.5. The third-order valence-electron chi connectivity index (χ3n) is 5.78. The number of nitriles is 1. The lowest BCUT2D eigenvalue weighted by molar-refractivity contribution is 0.264. The summed E-state index contributed by atoms with van der Waals surface area (Å²) in [6.45, 7) is 0.169. The molecule has 0 spiro atoms. The average molecular weight is 488 g/mol. The van der Waals surface area contributed by atoms with E-state index in [1.165, 1.54) is 6.42 Å². The molecule has 0 aromatic heterocycles. The van der Waals surface area contributed by atoms with E-state index >= 15 is 0 Å². The topological polar surface area (TPSA) is 58.6 Å². The Balaban J connectivity index is 1.87. The predicted octanol–water partition coefficient (Wildman–Crippen LogP) is 6.37. The van der Waals surface area contributed by atoms with Gasteiger partial charge in [0, 0.05) is 16.0 Å². The van der Waals surface area contributed by atoms with E-state index in [9.17, 15) is 10.7 Å². The van der Waals surface area contributed by atoms with E-state index in [2.05, 4.69) is 22.0 Å². The number of ether oxygens (including phenoxy) is 1. The quantitative estimate of drug-likeness (QED) is 0.259. The van der Waals surface area contributed by atoms with Crippen molar-refractivity contribution in [2.45, 2.75) is 51.0 Å². The number of rotatable bonds is 7. The van der Waals surface area contributed by atoms with E-state index in [0.29, 0.717) is 23.4 Å². The van der Waals surface area contributed by atoms with Gasteiger partial charge in [-0.05, 0) is 59.8 Å². The summed E-state index contributed by atoms with van der Waals surface area (Å²) in [5, 5.41) is 21.2. The first kappa shape index (κ1) is 22.7. The predicted molar refractivity (Wildman–Crippen MR) is 126 cm³/mol. The van der Waals surface area contributed by atoms with Crippen molar-refractivity contribution >= 4 is 33.4 Å². The lowest BCUT2D eigenvalue weighted by atomic mass is 9.92. The molecule has 0 saturated heterocycles. The van der Waals surface area contributed by atoms with Crippen molar-refractivity contribution in [3.8, 4) is 11.8 Å². The molecule has 0 unspecified atom stereocenters. The molecule has 0 aliphatic heterocycles. The van der Waals surface area contributed by atoms with Gasteiger partial charge in [-0.3, -0.25) is 0 Å². The molecular formula is C24H26BrClN3O-. The van der Waals surface area contributed by atoms with Gasteiger partial charge < -0.3 is 15.0 Å². The number of methoxy groups -OCH3 is 1. The monoisotopic (exact) mass is 486 g/mol. The van der Waals surface area contributed by atoms with Crippen LogP contribution in [0.15, 0.2) is 40.9 Å². The second-order valence-electron chi connectivity index (χ2n) is 7.62. The summed E-state index contributed by atoms with van der Waals surface area (Å²) in [6, 6.07) is 13.9. The molecule has 6 heteroatoms. The molecule has 0 radical (unpaired) electrons. The van der Waals surface area contributed by atoms with Crippen LogP contribution in [-0.4, -0.2) is 30.4 Å². The SMILES string of the molecule is COc1ccc(Br)cc1CCc1c(Cl)cccc1C(=[N-])N(CC#N)C1CCCCC1. The minimum absolute atomic E-state index is 0.155. The third-order valence-corrected chi connectivity index (χ3v) is 6.62. The summed E-state index contributed by atoms with van der Waals surface area (Å²) >= 11 is 10.1. The molecule has 1 aliphatic carbocycles. The molecule has 0 amide bonds. The van der Waals surface area contributed by atoms with Gasteiger partial charge in [0.05, 0.1) is 13.2 Å². The average Bonchev–Trinajstić information content (AvgIpc) is 2.76. The van der Waals surface area contributed by atoms with Crippen LogP contribution in [0.4, 0.5) is 0 Å². The van der Waals surface area contributed by atoms with Crippen LogP contribution in [0, 0.1) is 11.3 Å². The molecule has 2 aromatic rings. The van der Waals surface area contributed by atoms with Gasteiger partial charge >= 0.3 is 0 Å². The maximum atomic E-state index is 11.2. The number of halogens is 2. The van der Waals surface area contributed by atoms with Gasteiger partial charge in [-0.15, -0.1) is 0 Å². The molecule has 1 fully saturated rings. The standard InChI is InChI=1S/C24H26BrClN3O/c1-30-23-13-11-18(25)16-17(23)10-12-20-21(8-5-9-22(20)26)24(28)29(15-14-27)19-6-3-2-4-7-19/h5,8-9,11,13,16,19H,2-4,6-7,10,12,15H2,1H3/q-1. The molecule has 0 atom stereocenters. The van der Waals surface area contributed by atoms with Gasteiger partial charge in [0.25, 0.3) is 0 Å². The van der Waals surface area contributed by atoms with Crippen LogP contribution >= 0.6 is 27.5 Å². The number of hydrogen-bond acceptors (Lipinski definition) is 2. The molecule has 30 heavy (non-hydrogen) atoms. The van der Waals surface area contributed by atoms with E-state index in [4.69, 9.17) is 16.3 Å². The van der Waals surface area contributed by atoms with Crippen molar-refractivity contribution in [1.82, 2.24) is 4.90 Å². The zero-order valence-corrected chi connectivity index (χ0v) is 19.5. The molecule has 0 bridgehead atoms. The highest BCUT2D eigenvalue weighted by molar-refractivity contribution is 9.10. The molecule has 0 heterocycles. The van der Waals surface area contributed by atoms with Crippen LogP contribution < -0.4 is 4.74 Å². The van der Waals surface area contributed by atoms with Crippen molar-refractivity contribution in [2.75, 3.05) is 13.7 Å². The van der Waals surface area contributed by atoms with Crippen molar-refractivity contribution < 1.29 is 4.74 Å². The van der Waals surface area contributed by atoms with Crippen LogP contribution in [0.2, 0.25) is 5.02 Å². The Morgan fingerprint density at radius 2 is 2.00 bits per heavy atom. The van der Waals surface area contributed by atoms with Gasteiger partial charge in [0.1, 0.15) is 5.75 Å². The van der Waals surface area contributed by atoms with Crippen molar-refractivity contribution in [1.29, 1.82) is 5.26 Å². The number of amidine groups is 1. The molecule has 3 rings (SSSR count). The minimum Gasteiger partial charge on any atom is -0.496 e. The molecule has 1 aliphatic rings. The summed E-state index contributed by atoms with van der Waals surface area (Å²) in [6.07, 6.45) is 6.84. The van der Waals surface area contributed by atoms with Crippen LogP contribution in [-0.2, 0) is 12.8 Å². The molecule has 1 saturated carbocycles. The van der Waals surface area contributed by atoms with Crippen molar-refractivity contribution in [3.63, 3.8) is 0 Å². The highest BCUT2D eigenvalue weighted by Gasteiger charge is 2.19. The first-order valence-electron chi connectivity index (χ1n) is 10.3. The summed E-state index contributed by atoms with van der Waals surface area (Å²) in [4.78, 5) is 1.86. The van der Waals surface area contributed by atoms with Gasteiger partial charge in [0.2, 0.25) is 0 Å². The Kier molecular flexibility index (Phi) is 8.18. The van der Waals surface area contributed by atoms with E-state index in [1.807, 2.05) is 41.3 Å². The minimum atomic E-state index is 0.155. The summed E-state index contributed by atoms with van der Waals surface area (Å²) in [5.74, 6) is 0.982. The lowest BCUT2D eigenvalue weighted by Gasteiger charge is -2.43. The Morgan fingerprint density at radius 1 is 1.23 bits per heavy atom. The third kappa shape index (κ3) is 5.36. The van der Waals surface area contributed by atoms with Gasteiger partial charge in [0.15, 0.2) is 0 Å². The Bertz CT molecular complexity index is 935. The van der Waals surface area contributed by atoms with Crippen LogP contribution in [0.25, 0.3) is 5.41 Å². The summed E-state index contributed by atoms with van der Waals surface area (Å²) < 4.78 is 6.48. The van der Waals surface area contributed by atoms with E-state index in [-0.39, 0.29) is 18.4 Å². The summed E-state index contributed by atoms with van der Waals surface area (Å²) in [5.41, 5.74) is 2.66. The molecule has 4 nitrogen and oxygen atoms in total. The van der Waals surface area contributed by atoms with Crippen LogP contribution in [0.1, 0.15) is 48.8 Å². The number of benzene rings is 2. The number of hydrogen-bond donors (Lipinski definition) is 0. The highest BCUT2D eigenvalue weighted by Crippen LogP contribution is 2.30. The fraction of sp³-hybridized carbons (Fsp3) is 0.417. The normalized spacial score (nSPS) is 14.2. The number of aryl methyl sites for hydroxylation is 1. The maximum Gasteiger partial charge on any atom is 0.122 e. The summed E-state index contributed by atoms with van der Waals surface area (Å²) in [7, 11) is 1.66. The Morgan fingerprint density at radius 3 is 2.70 bits per heavy atom. The molecular weight excluding hydrogens is 462 g/mol. The van der Waals surface area contributed by atoms with Crippen molar-refractivity contribution in [2.24, 2.45) is 0 Å². The molecule has 2 aromatic carbocycles. The largest absolute Gasteiger partial charge is 0.496 e. The second kappa shape index (κ2) is 10.8. The highest BCUT2D eigenvalue weighted by atomic mass is 79.9. The maximum absolute atomic E-state index is 11.2. The Labute approximate surface area is 192 Å². The van der Waals surface area contributed by atoms with Gasteiger partial charge in [-0.2, -0.15) is 5.26 Å². The van der Waals surface area contributed by atoms with Crippen LogP contribution in [0.3, 0.4) is 0 Å². The first-order valence-corrected chi connectivity index (χ1v) is 11.5. The fourth-order valence-corrected chi connectivity index (χ4v) is 4.90. The fourth-order valence-electron chi connectivity index (χ4n) is 4.22. The Hall–Kier alpha value is -2.03. The lowest BCUT2D eigenvalue weighted by Crippen LogP contribution is -2.42. The molecule has 0 N–H and O–H groups in total. The van der Waals surface area contributed by atoms with Crippen LogP contribution in [0.5, 0.6) is 5.75 Å². The van der Waals surface area contributed by atoms with Gasteiger partial charge in [-0.25, -0.2) is 0 Å². The van der Waals surface area contributed by atoms with E-state index in [0.717, 1.165) is 47.0 Å². The van der Waals surface area contributed by atoms with Crippen molar-refractivity contribution in [3.05, 3.63) is 68.0 Å². The second-order valence-corrected chi connectivity index (χ2v) is 8.95. The zero-order valence-electron chi connectivity index (χ0n) is 17.2. The van der Waals surface area contributed by atoms with E-state index < -0.39 is 0 Å². The van der Waals surface area contributed by atoms with E-state index in [1.54, 1.807) is 7.11 Å².